The Morgan fingerprint density at radius 2 is 1.75 bits per heavy atom. The quantitative estimate of drug-likeness (QED) is 0.880. The molecular formula is C15H23N3O2. The number of ether oxygens (including phenoxy) is 1. The molecule has 1 N–H and O–H groups in total. The number of carbonyl (C=O) groups is 1. The van der Waals surface area contributed by atoms with Gasteiger partial charge in [0.2, 0.25) is 5.91 Å². The average molecular weight is 277 g/mol. The molecule has 5 nitrogen and oxygen atoms in total. The molecular weight excluding hydrogens is 254 g/mol. The van der Waals surface area contributed by atoms with Gasteiger partial charge in [0.25, 0.3) is 0 Å². The van der Waals surface area contributed by atoms with Crippen LogP contribution in [0.25, 0.3) is 0 Å². The number of likely N-dealkylation sites (N-methyl/N-ethyl adjacent to an activating group) is 1. The van der Waals surface area contributed by atoms with Crippen molar-refractivity contribution in [3.8, 4) is 5.75 Å². The molecule has 0 radical (unpaired) electrons. The van der Waals surface area contributed by atoms with Crippen molar-refractivity contribution >= 4 is 11.6 Å². The molecule has 20 heavy (non-hydrogen) atoms. The first-order chi connectivity index (χ1) is 9.71. The SMILES string of the molecule is CCN1CCN(CC(=O)Nc2ccc(OC)cc2)CC1. The Labute approximate surface area is 120 Å². The first-order valence-electron chi connectivity index (χ1n) is 7.10. The first kappa shape index (κ1) is 14.8. The molecule has 1 aromatic rings. The van der Waals surface area contributed by atoms with E-state index in [1.165, 1.54) is 0 Å². The number of amides is 1. The normalized spacial score (nSPS) is 16.9. The summed E-state index contributed by atoms with van der Waals surface area (Å²) in [5.74, 6) is 0.832. The van der Waals surface area contributed by atoms with Crippen LogP contribution in [0.1, 0.15) is 6.92 Å². The van der Waals surface area contributed by atoms with Gasteiger partial charge in [0, 0.05) is 31.9 Å². The largest absolute Gasteiger partial charge is 0.497 e. The lowest BCUT2D eigenvalue weighted by Gasteiger charge is -2.33. The molecule has 0 unspecified atom stereocenters. The van der Waals surface area contributed by atoms with Gasteiger partial charge in [-0.15, -0.1) is 0 Å². The fourth-order valence-electron chi connectivity index (χ4n) is 2.34. The molecule has 110 valence electrons. The van der Waals surface area contributed by atoms with Gasteiger partial charge in [0.1, 0.15) is 5.75 Å². The van der Waals surface area contributed by atoms with Gasteiger partial charge in [-0.1, -0.05) is 6.92 Å². The summed E-state index contributed by atoms with van der Waals surface area (Å²) in [4.78, 5) is 16.6. The van der Waals surface area contributed by atoms with E-state index in [1.807, 2.05) is 24.3 Å². The molecule has 1 aliphatic rings. The van der Waals surface area contributed by atoms with Crippen molar-refractivity contribution in [2.24, 2.45) is 0 Å². The van der Waals surface area contributed by atoms with Crippen LogP contribution in [0.3, 0.4) is 0 Å². The van der Waals surface area contributed by atoms with Crippen molar-refractivity contribution in [1.82, 2.24) is 9.80 Å². The predicted molar refractivity (Wildman–Crippen MR) is 80.2 cm³/mol. The number of nitrogens with zero attached hydrogens (tertiary/aromatic N) is 2. The molecule has 0 aliphatic carbocycles. The third-order valence-electron chi connectivity index (χ3n) is 3.65. The first-order valence-corrected chi connectivity index (χ1v) is 7.10. The van der Waals surface area contributed by atoms with Crippen molar-refractivity contribution in [3.63, 3.8) is 0 Å². The zero-order chi connectivity index (χ0) is 14.4. The van der Waals surface area contributed by atoms with E-state index in [1.54, 1.807) is 7.11 Å². The Balaban J connectivity index is 1.77. The van der Waals surface area contributed by atoms with Crippen LogP contribution in [0.4, 0.5) is 5.69 Å². The number of nitrogens with one attached hydrogen (secondary N) is 1. The van der Waals surface area contributed by atoms with Gasteiger partial charge >= 0.3 is 0 Å². The monoisotopic (exact) mass is 277 g/mol. The topological polar surface area (TPSA) is 44.8 Å². The molecule has 1 aromatic carbocycles. The van der Waals surface area contributed by atoms with E-state index < -0.39 is 0 Å². The maximum absolute atomic E-state index is 12.0. The lowest BCUT2D eigenvalue weighted by Crippen LogP contribution is -2.48. The summed E-state index contributed by atoms with van der Waals surface area (Å²) in [5.41, 5.74) is 0.808. The van der Waals surface area contributed by atoms with Crippen molar-refractivity contribution < 1.29 is 9.53 Å². The third kappa shape index (κ3) is 4.21. The molecule has 1 fully saturated rings. The summed E-state index contributed by atoms with van der Waals surface area (Å²) in [5, 5.41) is 2.92. The van der Waals surface area contributed by atoms with E-state index in [0.717, 1.165) is 44.2 Å². The van der Waals surface area contributed by atoms with E-state index in [4.69, 9.17) is 4.74 Å². The van der Waals surface area contributed by atoms with Gasteiger partial charge < -0.3 is 15.0 Å². The van der Waals surface area contributed by atoms with Crippen LogP contribution in [0.5, 0.6) is 5.75 Å². The van der Waals surface area contributed by atoms with Crippen LogP contribution in [0.15, 0.2) is 24.3 Å². The second-order valence-corrected chi connectivity index (χ2v) is 4.99. The minimum atomic E-state index is 0.0418. The summed E-state index contributed by atoms with van der Waals surface area (Å²) in [7, 11) is 1.63. The Hall–Kier alpha value is -1.59. The van der Waals surface area contributed by atoms with Crippen molar-refractivity contribution in [2.75, 3.05) is 51.7 Å². The fourth-order valence-corrected chi connectivity index (χ4v) is 2.34. The van der Waals surface area contributed by atoms with Crippen LogP contribution in [0.2, 0.25) is 0 Å². The molecule has 0 bridgehead atoms. The van der Waals surface area contributed by atoms with E-state index in [0.29, 0.717) is 6.54 Å². The number of rotatable bonds is 5. The molecule has 0 aromatic heterocycles. The van der Waals surface area contributed by atoms with Gasteiger partial charge in [-0.05, 0) is 30.8 Å². The van der Waals surface area contributed by atoms with Crippen LogP contribution in [0, 0.1) is 0 Å². The van der Waals surface area contributed by atoms with Gasteiger partial charge in [-0.2, -0.15) is 0 Å². The lowest BCUT2D eigenvalue weighted by molar-refractivity contribution is -0.117. The summed E-state index contributed by atoms with van der Waals surface area (Å²) in [6.07, 6.45) is 0. The summed E-state index contributed by atoms with van der Waals surface area (Å²) < 4.78 is 5.09. The maximum Gasteiger partial charge on any atom is 0.238 e. The summed E-state index contributed by atoms with van der Waals surface area (Å²) >= 11 is 0. The molecule has 5 heteroatoms. The van der Waals surface area contributed by atoms with Crippen LogP contribution >= 0.6 is 0 Å². The molecule has 2 rings (SSSR count). The van der Waals surface area contributed by atoms with E-state index >= 15 is 0 Å². The third-order valence-corrected chi connectivity index (χ3v) is 3.65. The number of carbonyl (C=O) groups excluding carboxylic acids is 1. The van der Waals surface area contributed by atoms with Crippen molar-refractivity contribution in [2.45, 2.75) is 6.92 Å². The number of anilines is 1. The van der Waals surface area contributed by atoms with E-state index in [-0.39, 0.29) is 5.91 Å². The zero-order valence-corrected chi connectivity index (χ0v) is 12.3. The second kappa shape index (κ2) is 7.26. The van der Waals surface area contributed by atoms with Crippen LogP contribution in [-0.2, 0) is 4.79 Å². The number of hydrogen-bond acceptors (Lipinski definition) is 4. The number of piperazine rings is 1. The number of methoxy groups -OCH3 is 1. The Morgan fingerprint density at radius 3 is 2.30 bits per heavy atom. The Kier molecular flexibility index (Phi) is 5.38. The Morgan fingerprint density at radius 1 is 1.15 bits per heavy atom. The highest BCUT2D eigenvalue weighted by atomic mass is 16.5. The minimum Gasteiger partial charge on any atom is -0.497 e. The highest BCUT2D eigenvalue weighted by Crippen LogP contribution is 2.15. The second-order valence-electron chi connectivity index (χ2n) is 4.99. The Bertz CT molecular complexity index is 425. The lowest BCUT2D eigenvalue weighted by atomic mass is 10.3. The van der Waals surface area contributed by atoms with Gasteiger partial charge in [0.05, 0.1) is 13.7 Å². The molecule has 0 atom stereocenters. The summed E-state index contributed by atoms with van der Waals surface area (Å²) in [6, 6.07) is 7.39. The number of benzene rings is 1. The zero-order valence-electron chi connectivity index (χ0n) is 12.3. The molecule has 1 saturated heterocycles. The van der Waals surface area contributed by atoms with Gasteiger partial charge in [-0.3, -0.25) is 9.69 Å². The van der Waals surface area contributed by atoms with Gasteiger partial charge in [0.15, 0.2) is 0 Å². The molecule has 1 aliphatic heterocycles. The van der Waals surface area contributed by atoms with Crippen LogP contribution in [-0.4, -0.2) is 62.1 Å². The van der Waals surface area contributed by atoms with E-state index in [9.17, 15) is 4.79 Å². The standard InChI is InChI=1S/C15H23N3O2/c1-3-17-8-10-18(11-9-17)12-15(19)16-13-4-6-14(20-2)7-5-13/h4-7H,3,8-12H2,1-2H3,(H,16,19). The van der Waals surface area contributed by atoms with Crippen molar-refractivity contribution in [1.29, 1.82) is 0 Å². The van der Waals surface area contributed by atoms with Gasteiger partial charge in [-0.25, -0.2) is 0 Å². The van der Waals surface area contributed by atoms with Crippen molar-refractivity contribution in [3.05, 3.63) is 24.3 Å². The minimum absolute atomic E-state index is 0.0418. The number of hydrogen-bond donors (Lipinski definition) is 1. The van der Waals surface area contributed by atoms with E-state index in [2.05, 4.69) is 22.0 Å². The maximum atomic E-state index is 12.0. The average Bonchev–Trinajstić information content (AvgIpc) is 2.49. The summed E-state index contributed by atoms with van der Waals surface area (Å²) in [6.45, 7) is 7.74. The molecule has 1 heterocycles. The highest BCUT2D eigenvalue weighted by molar-refractivity contribution is 5.92. The molecule has 0 spiro atoms. The fraction of sp³-hybridized carbons (Fsp3) is 0.533. The molecule has 1 amide bonds. The predicted octanol–water partition coefficient (Wildman–Crippen LogP) is 1.27. The highest BCUT2D eigenvalue weighted by Gasteiger charge is 2.17. The molecule has 0 saturated carbocycles. The van der Waals surface area contributed by atoms with Crippen LogP contribution < -0.4 is 10.1 Å². The smallest absolute Gasteiger partial charge is 0.238 e.